The minimum atomic E-state index is -0.0588. The number of rotatable bonds is 8. The summed E-state index contributed by atoms with van der Waals surface area (Å²) < 4.78 is 10.3. The molecule has 1 aliphatic rings. The van der Waals surface area contributed by atoms with Crippen molar-refractivity contribution in [2.24, 2.45) is 0 Å². The highest BCUT2D eigenvalue weighted by molar-refractivity contribution is 5.91. The Kier molecular flexibility index (Phi) is 7.08. The van der Waals surface area contributed by atoms with Crippen molar-refractivity contribution in [3.05, 3.63) is 54.0 Å². The van der Waals surface area contributed by atoms with Crippen LogP contribution in [0.1, 0.15) is 22.5 Å². The van der Waals surface area contributed by atoms with E-state index >= 15 is 0 Å². The molecule has 1 aliphatic heterocycles. The van der Waals surface area contributed by atoms with Crippen LogP contribution in [0.25, 0.3) is 0 Å². The predicted octanol–water partition coefficient (Wildman–Crippen LogP) is 1.79. The molecular weight excluding hydrogens is 358 g/mol. The first-order valence-corrected chi connectivity index (χ1v) is 9.60. The number of nitrogens with one attached hydrogen (secondary N) is 1. The van der Waals surface area contributed by atoms with E-state index in [0.29, 0.717) is 38.2 Å². The quantitative estimate of drug-likeness (QED) is 0.750. The molecule has 2 amide bonds. The number of amides is 2. The maximum absolute atomic E-state index is 12.2. The lowest BCUT2D eigenvalue weighted by atomic mass is 10.1. The third kappa shape index (κ3) is 5.60. The van der Waals surface area contributed by atoms with Crippen molar-refractivity contribution in [2.45, 2.75) is 12.8 Å². The topological polar surface area (TPSA) is 75.0 Å². The van der Waals surface area contributed by atoms with Crippen molar-refractivity contribution >= 4 is 11.8 Å². The number of aryl methyl sites for hydroxylation is 1. The highest BCUT2D eigenvalue weighted by Crippen LogP contribution is 2.12. The van der Waals surface area contributed by atoms with E-state index in [9.17, 15) is 9.59 Å². The van der Waals surface area contributed by atoms with E-state index in [2.05, 4.69) is 10.2 Å². The van der Waals surface area contributed by atoms with E-state index in [1.807, 2.05) is 29.2 Å². The second-order valence-corrected chi connectivity index (χ2v) is 6.81. The molecule has 1 fully saturated rings. The molecule has 0 aliphatic carbocycles. The number of ether oxygens (including phenoxy) is 1. The molecule has 0 atom stereocenters. The summed E-state index contributed by atoms with van der Waals surface area (Å²) in [6.07, 6.45) is 2.70. The first kappa shape index (κ1) is 19.9. The number of carbonyl (C=O) groups excluding carboxylic acids is 2. The fraction of sp³-hybridized carbons (Fsp3) is 0.429. The van der Waals surface area contributed by atoms with Gasteiger partial charge in [0.25, 0.3) is 5.91 Å². The number of piperazine rings is 1. The lowest BCUT2D eigenvalue weighted by Gasteiger charge is -2.34. The van der Waals surface area contributed by atoms with Gasteiger partial charge in [-0.25, -0.2) is 0 Å². The second kappa shape index (κ2) is 9.94. The van der Waals surface area contributed by atoms with Gasteiger partial charge in [-0.05, 0) is 36.2 Å². The van der Waals surface area contributed by atoms with Gasteiger partial charge in [-0.15, -0.1) is 0 Å². The molecule has 7 nitrogen and oxygen atoms in total. The average Bonchev–Trinajstić information content (AvgIpc) is 3.27. The van der Waals surface area contributed by atoms with Crippen molar-refractivity contribution in [2.75, 3.05) is 46.4 Å². The Labute approximate surface area is 165 Å². The molecular formula is C21H27N3O4. The minimum absolute atomic E-state index is 0.0578. The van der Waals surface area contributed by atoms with Gasteiger partial charge in [0.2, 0.25) is 5.91 Å². The highest BCUT2D eigenvalue weighted by Gasteiger charge is 2.23. The van der Waals surface area contributed by atoms with E-state index in [1.54, 1.807) is 19.2 Å². The van der Waals surface area contributed by atoms with Crippen LogP contribution in [0.4, 0.5) is 0 Å². The molecule has 0 saturated carbocycles. The van der Waals surface area contributed by atoms with E-state index in [-0.39, 0.29) is 11.8 Å². The molecule has 0 radical (unpaired) electrons. The third-order valence-electron chi connectivity index (χ3n) is 4.94. The predicted molar refractivity (Wildman–Crippen MR) is 105 cm³/mol. The van der Waals surface area contributed by atoms with Crippen LogP contribution in [0.3, 0.4) is 0 Å². The fourth-order valence-electron chi connectivity index (χ4n) is 3.22. The van der Waals surface area contributed by atoms with Crippen molar-refractivity contribution < 1.29 is 18.7 Å². The van der Waals surface area contributed by atoms with Crippen LogP contribution < -0.4 is 10.1 Å². The zero-order valence-corrected chi connectivity index (χ0v) is 16.2. The first-order valence-electron chi connectivity index (χ1n) is 9.60. The molecule has 1 aromatic carbocycles. The van der Waals surface area contributed by atoms with Gasteiger partial charge in [0.15, 0.2) is 5.76 Å². The summed E-state index contributed by atoms with van der Waals surface area (Å²) in [5.41, 5.74) is 1.12. The normalized spacial score (nSPS) is 14.7. The minimum Gasteiger partial charge on any atom is -0.497 e. The van der Waals surface area contributed by atoms with E-state index in [1.165, 1.54) is 6.26 Å². The van der Waals surface area contributed by atoms with Gasteiger partial charge in [0.05, 0.1) is 13.4 Å². The number of carbonyl (C=O) groups is 2. The molecule has 2 heterocycles. The Hall–Kier alpha value is -2.80. The van der Waals surface area contributed by atoms with Crippen molar-refractivity contribution in [3.63, 3.8) is 0 Å². The second-order valence-electron chi connectivity index (χ2n) is 6.81. The van der Waals surface area contributed by atoms with Crippen LogP contribution in [0.15, 0.2) is 47.1 Å². The van der Waals surface area contributed by atoms with Crippen LogP contribution in [-0.2, 0) is 11.2 Å². The number of benzene rings is 1. The third-order valence-corrected chi connectivity index (χ3v) is 4.94. The van der Waals surface area contributed by atoms with E-state index in [0.717, 1.165) is 30.9 Å². The summed E-state index contributed by atoms with van der Waals surface area (Å²) >= 11 is 0. The molecule has 1 aromatic heterocycles. The van der Waals surface area contributed by atoms with Crippen molar-refractivity contribution in [1.29, 1.82) is 0 Å². The summed E-state index contributed by atoms with van der Waals surface area (Å²) in [5.74, 6) is 1.20. The van der Waals surface area contributed by atoms with Crippen LogP contribution in [-0.4, -0.2) is 68.0 Å². The standard InChI is InChI=1S/C21H27N3O4/c1-27-18-7-4-17(5-8-18)6-9-20(25)22-10-11-23-12-14-24(15-13-23)21(26)19-3-2-16-28-19/h2-5,7-8,16H,6,9-15H2,1H3,(H,22,25). The van der Waals surface area contributed by atoms with Crippen LogP contribution in [0, 0.1) is 0 Å². The van der Waals surface area contributed by atoms with Gasteiger partial charge in [-0.3, -0.25) is 14.5 Å². The molecule has 28 heavy (non-hydrogen) atoms. The zero-order chi connectivity index (χ0) is 19.8. The van der Waals surface area contributed by atoms with E-state index in [4.69, 9.17) is 9.15 Å². The molecule has 3 rings (SSSR count). The van der Waals surface area contributed by atoms with Gasteiger partial charge in [0.1, 0.15) is 5.75 Å². The summed E-state index contributed by atoms with van der Waals surface area (Å²) in [6.45, 7) is 4.35. The first-order chi connectivity index (χ1) is 13.7. The molecule has 0 spiro atoms. The summed E-state index contributed by atoms with van der Waals surface area (Å²) in [6, 6.07) is 11.2. The molecule has 0 unspecified atom stereocenters. The smallest absolute Gasteiger partial charge is 0.289 e. The number of methoxy groups -OCH3 is 1. The lowest BCUT2D eigenvalue weighted by Crippen LogP contribution is -2.50. The largest absolute Gasteiger partial charge is 0.497 e. The number of hydrogen-bond donors (Lipinski definition) is 1. The average molecular weight is 385 g/mol. The number of nitrogens with zero attached hydrogens (tertiary/aromatic N) is 2. The van der Waals surface area contributed by atoms with Gasteiger partial charge in [-0.1, -0.05) is 12.1 Å². The Balaban J connectivity index is 1.30. The SMILES string of the molecule is COc1ccc(CCC(=O)NCCN2CCN(C(=O)c3ccco3)CC2)cc1. The van der Waals surface area contributed by atoms with Crippen LogP contribution in [0.5, 0.6) is 5.75 Å². The molecule has 150 valence electrons. The monoisotopic (exact) mass is 385 g/mol. The fourth-order valence-corrected chi connectivity index (χ4v) is 3.22. The van der Waals surface area contributed by atoms with E-state index < -0.39 is 0 Å². The number of furan rings is 1. The van der Waals surface area contributed by atoms with Crippen molar-refractivity contribution in [3.8, 4) is 5.75 Å². The van der Waals surface area contributed by atoms with Gasteiger partial charge < -0.3 is 19.4 Å². The van der Waals surface area contributed by atoms with Crippen molar-refractivity contribution in [1.82, 2.24) is 15.1 Å². The number of hydrogen-bond acceptors (Lipinski definition) is 5. The zero-order valence-electron chi connectivity index (χ0n) is 16.2. The van der Waals surface area contributed by atoms with Crippen LogP contribution >= 0.6 is 0 Å². The maximum atomic E-state index is 12.2. The summed E-state index contributed by atoms with van der Waals surface area (Å²) in [4.78, 5) is 28.3. The molecule has 0 bridgehead atoms. The Morgan fingerprint density at radius 3 is 2.50 bits per heavy atom. The Morgan fingerprint density at radius 2 is 1.86 bits per heavy atom. The van der Waals surface area contributed by atoms with Gasteiger partial charge >= 0.3 is 0 Å². The molecule has 1 N–H and O–H groups in total. The Bertz CT molecular complexity index is 750. The summed E-state index contributed by atoms with van der Waals surface area (Å²) in [7, 11) is 1.64. The summed E-state index contributed by atoms with van der Waals surface area (Å²) in [5, 5.41) is 2.98. The van der Waals surface area contributed by atoms with Crippen LogP contribution in [0.2, 0.25) is 0 Å². The Morgan fingerprint density at radius 1 is 1.11 bits per heavy atom. The maximum Gasteiger partial charge on any atom is 0.289 e. The molecule has 7 heteroatoms. The molecule has 1 saturated heterocycles. The highest BCUT2D eigenvalue weighted by atomic mass is 16.5. The van der Waals surface area contributed by atoms with Gasteiger partial charge in [0, 0.05) is 45.7 Å². The molecule has 2 aromatic rings. The lowest BCUT2D eigenvalue weighted by molar-refractivity contribution is -0.121. The van der Waals surface area contributed by atoms with Gasteiger partial charge in [-0.2, -0.15) is 0 Å².